The van der Waals surface area contributed by atoms with Crippen LogP contribution < -0.4 is 0 Å². The van der Waals surface area contributed by atoms with E-state index in [1.165, 1.54) is 0 Å². The van der Waals surface area contributed by atoms with E-state index in [9.17, 15) is 4.79 Å². The first kappa shape index (κ1) is 16.1. The van der Waals surface area contributed by atoms with Crippen molar-refractivity contribution < 1.29 is 14.3 Å². The van der Waals surface area contributed by atoms with Crippen LogP contribution in [0.1, 0.15) is 12.5 Å². The first-order valence-electron chi connectivity index (χ1n) is 6.65. The van der Waals surface area contributed by atoms with Crippen LogP contribution in [0.4, 0.5) is 0 Å². The Balaban J connectivity index is 2.16. The van der Waals surface area contributed by atoms with Crippen molar-refractivity contribution >= 4 is 13.5 Å². The van der Waals surface area contributed by atoms with Crippen molar-refractivity contribution in [3.63, 3.8) is 0 Å². The van der Waals surface area contributed by atoms with Gasteiger partial charge in [-0.2, -0.15) is 0 Å². The first-order valence-corrected chi connectivity index (χ1v) is 10.1. The van der Waals surface area contributed by atoms with E-state index in [2.05, 4.69) is 19.6 Å². The van der Waals surface area contributed by atoms with E-state index in [1.807, 2.05) is 37.3 Å². The second-order valence-electron chi connectivity index (χ2n) is 5.84. The summed E-state index contributed by atoms with van der Waals surface area (Å²) in [5.41, 5.74) is 1.12. The standard InChI is InChI=1S/C15H24O3Si/c1-13(15(16)19(2,3)4)10-17-12-18-11-14-8-6-5-7-9-14/h5-9,13H,10-12H2,1-4H3/t13-/m0/s1. The number of carbonyl (C=O) groups excluding carboxylic acids is 1. The van der Waals surface area contributed by atoms with Crippen molar-refractivity contribution in [1.29, 1.82) is 0 Å². The van der Waals surface area contributed by atoms with Gasteiger partial charge in [-0.1, -0.05) is 56.9 Å². The van der Waals surface area contributed by atoms with Crippen LogP contribution in [0.3, 0.4) is 0 Å². The Morgan fingerprint density at radius 3 is 2.37 bits per heavy atom. The van der Waals surface area contributed by atoms with Gasteiger partial charge in [-0.25, -0.2) is 0 Å². The van der Waals surface area contributed by atoms with Gasteiger partial charge in [0.2, 0.25) is 0 Å². The Morgan fingerprint density at radius 2 is 1.79 bits per heavy atom. The van der Waals surface area contributed by atoms with Crippen LogP contribution in [-0.2, 0) is 20.9 Å². The highest BCUT2D eigenvalue weighted by atomic mass is 28.3. The molecule has 1 rings (SSSR count). The summed E-state index contributed by atoms with van der Waals surface area (Å²) in [5, 5.41) is 0.357. The Kier molecular flexibility index (Phi) is 6.41. The molecular weight excluding hydrogens is 256 g/mol. The van der Waals surface area contributed by atoms with Gasteiger partial charge < -0.3 is 14.3 Å². The van der Waals surface area contributed by atoms with Gasteiger partial charge in [0.1, 0.15) is 20.3 Å². The van der Waals surface area contributed by atoms with Gasteiger partial charge in [-0.05, 0) is 5.56 Å². The second kappa shape index (κ2) is 7.58. The molecule has 19 heavy (non-hydrogen) atoms. The van der Waals surface area contributed by atoms with E-state index in [4.69, 9.17) is 9.47 Å². The molecule has 0 aromatic heterocycles. The van der Waals surface area contributed by atoms with E-state index >= 15 is 0 Å². The van der Waals surface area contributed by atoms with Crippen LogP contribution in [0.5, 0.6) is 0 Å². The van der Waals surface area contributed by atoms with E-state index in [-0.39, 0.29) is 12.7 Å². The molecule has 0 bridgehead atoms. The van der Waals surface area contributed by atoms with Gasteiger partial charge in [-0.15, -0.1) is 0 Å². The fourth-order valence-corrected chi connectivity index (χ4v) is 3.39. The molecule has 4 heteroatoms. The number of ether oxygens (including phenoxy) is 2. The molecule has 0 aliphatic heterocycles. The third-order valence-corrected chi connectivity index (χ3v) is 4.80. The molecule has 0 spiro atoms. The lowest BCUT2D eigenvalue weighted by Gasteiger charge is -2.19. The Hall–Kier alpha value is -0.973. The normalized spacial score (nSPS) is 13.3. The molecule has 0 amide bonds. The third-order valence-electron chi connectivity index (χ3n) is 2.83. The van der Waals surface area contributed by atoms with E-state index in [0.29, 0.717) is 18.6 Å². The van der Waals surface area contributed by atoms with Gasteiger partial charge in [-0.3, -0.25) is 0 Å². The number of benzene rings is 1. The number of carbonyl (C=O) groups is 1. The van der Waals surface area contributed by atoms with E-state index < -0.39 is 8.07 Å². The molecular formula is C15H24O3Si. The highest BCUT2D eigenvalue weighted by molar-refractivity contribution is 7.03. The molecule has 3 nitrogen and oxygen atoms in total. The topological polar surface area (TPSA) is 35.5 Å². The number of rotatable bonds is 8. The minimum absolute atomic E-state index is 0.0352. The highest BCUT2D eigenvalue weighted by Crippen LogP contribution is 2.11. The van der Waals surface area contributed by atoms with Crippen LogP contribution in [0.2, 0.25) is 19.6 Å². The van der Waals surface area contributed by atoms with Crippen molar-refractivity contribution in [3.05, 3.63) is 35.9 Å². The van der Waals surface area contributed by atoms with Gasteiger partial charge in [0.15, 0.2) is 0 Å². The highest BCUT2D eigenvalue weighted by Gasteiger charge is 2.28. The second-order valence-corrected chi connectivity index (χ2v) is 10.8. The smallest absolute Gasteiger partial charge is 0.147 e. The van der Waals surface area contributed by atoms with Crippen molar-refractivity contribution in [2.75, 3.05) is 13.4 Å². The Labute approximate surface area is 116 Å². The van der Waals surface area contributed by atoms with Crippen LogP contribution in [0.15, 0.2) is 30.3 Å². The molecule has 1 aromatic carbocycles. The molecule has 0 saturated carbocycles. The molecule has 0 aliphatic rings. The van der Waals surface area contributed by atoms with Gasteiger partial charge in [0, 0.05) is 5.92 Å². The monoisotopic (exact) mass is 280 g/mol. The quantitative estimate of drug-likeness (QED) is 0.416. The zero-order valence-corrected chi connectivity index (χ0v) is 13.3. The molecule has 0 heterocycles. The predicted molar refractivity (Wildman–Crippen MR) is 79.6 cm³/mol. The van der Waals surface area contributed by atoms with E-state index in [1.54, 1.807) is 0 Å². The lowest BCUT2D eigenvalue weighted by Crippen LogP contribution is -2.39. The molecule has 0 N–H and O–H groups in total. The van der Waals surface area contributed by atoms with Crippen LogP contribution >= 0.6 is 0 Å². The average Bonchev–Trinajstić information content (AvgIpc) is 2.37. The van der Waals surface area contributed by atoms with Crippen LogP contribution in [-0.4, -0.2) is 26.9 Å². The first-order chi connectivity index (χ1) is 8.91. The van der Waals surface area contributed by atoms with Crippen molar-refractivity contribution in [2.45, 2.75) is 33.2 Å². The zero-order chi connectivity index (χ0) is 14.3. The maximum absolute atomic E-state index is 12.0. The molecule has 0 fully saturated rings. The Bertz CT molecular complexity index is 384. The predicted octanol–water partition coefficient (Wildman–Crippen LogP) is 3.26. The molecule has 106 valence electrons. The lowest BCUT2D eigenvalue weighted by molar-refractivity contribution is -0.120. The lowest BCUT2D eigenvalue weighted by atomic mass is 10.2. The number of hydrogen-bond acceptors (Lipinski definition) is 3. The summed E-state index contributed by atoms with van der Waals surface area (Å²) in [6.45, 7) is 9.35. The zero-order valence-electron chi connectivity index (χ0n) is 12.3. The van der Waals surface area contributed by atoms with Crippen molar-refractivity contribution in [2.24, 2.45) is 5.92 Å². The van der Waals surface area contributed by atoms with Gasteiger partial charge in [0.25, 0.3) is 0 Å². The molecule has 0 unspecified atom stereocenters. The Morgan fingerprint density at radius 1 is 1.16 bits per heavy atom. The maximum Gasteiger partial charge on any atom is 0.147 e. The molecule has 0 aliphatic carbocycles. The largest absolute Gasteiger partial charge is 0.355 e. The summed E-state index contributed by atoms with van der Waals surface area (Å²) >= 11 is 0. The minimum Gasteiger partial charge on any atom is -0.355 e. The summed E-state index contributed by atoms with van der Waals surface area (Å²) in [6.07, 6.45) is 0. The van der Waals surface area contributed by atoms with Crippen molar-refractivity contribution in [3.8, 4) is 0 Å². The summed E-state index contributed by atoms with van der Waals surface area (Å²) in [7, 11) is -1.70. The molecule has 1 atom stereocenters. The van der Waals surface area contributed by atoms with Gasteiger partial charge in [0.05, 0.1) is 13.2 Å². The summed E-state index contributed by atoms with van der Waals surface area (Å²) < 4.78 is 10.8. The van der Waals surface area contributed by atoms with Gasteiger partial charge >= 0.3 is 0 Å². The molecule has 0 saturated heterocycles. The fraction of sp³-hybridized carbons (Fsp3) is 0.533. The maximum atomic E-state index is 12.0. The fourth-order valence-electron chi connectivity index (χ4n) is 1.83. The van der Waals surface area contributed by atoms with Crippen LogP contribution in [0, 0.1) is 5.92 Å². The summed E-state index contributed by atoms with van der Waals surface area (Å²) in [6, 6.07) is 9.96. The SMILES string of the molecule is C[C@@H](COCOCc1ccccc1)C(=O)[Si](C)(C)C. The summed E-state index contributed by atoms with van der Waals surface area (Å²) in [4.78, 5) is 12.0. The van der Waals surface area contributed by atoms with Crippen LogP contribution in [0.25, 0.3) is 0 Å². The third kappa shape index (κ3) is 6.14. The summed E-state index contributed by atoms with van der Waals surface area (Å²) in [5.74, 6) is -0.0352. The molecule has 1 aromatic rings. The number of hydrogen-bond donors (Lipinski definition) is 0. The minimum atomic E-state index is -1.70. The molecule has 0 radical (unpaired) electrons. The average molecular weight is 280 g/mol. The van der Waals surface area contributed by atoms with E-state index in [0.717, 1.165) is 5.56 Å². The van der Waals surface area contributed by atoms with Crippen molar-refractivity contribution in [1.82, 2.24) is 0 Å².